The molecule has 2 aromatic heterocycles. The van der Waals surface area contributed by atoms with E-state index >= 15 is 0 Å². The maximum Gasteiger partial charge on any atom is 0.242 e. The van der Waals surface area contributed by atoms with Crippen molar-refractivity contribution in [2.75, 3.05) is 7.11 Å². The second kappa shape index (κ2) is 5.46. The highest BCUT2D eigenvalue weighted by Gasteiger charge is 2.18. The molecule has 1 N–H and O–H groups in total. The van der Waals surface area contributed by atoms with Crippen LogP contribution in [-0.2, 0) is 0 Å². The number of methoxy groups -OCH3 is 1. The van der Waals surface area contributed by atoms with Gasteiger partial charge in [0, 0.05) is 5.02 Å². The van der Waals surface area contributed by atoms with Gasteiger partial charge in [-0.2, -0.15) is 4.98 Å². The van der Waals surface area contributed by atoms with E-state index in [9.17, 15) is 0 Å². The van der Waals surface area contributed by atoms with Crippen molar-refractivity contribution in [3.05, 3.63) is 45.9 Å². The van der Waals surface area contributed by atoms with Crippen molar-refractivity contribution in [3.8, 4) is 5.88 Å². The lowest BCUT2D eigenvalue weighted by atomic mass is 10.1. The topological polar surface area (TPSA) is 55.7 Å². The van der Waals surface area contributed by atoms with E-state index in [1.54, 1.807) is 7.11 Å². The number of aromatic nitrogens is 4. The highest BCUT2D eigenvalue weighted by molar-refractivity contribution is 7.71. The van der Waals surface area contributed by atoms with Crippen molar-refractivity contribution in [1.82, 2.24) is 19.5 Å². The fourth-order valence-electron chi connectivity index (χ4n) is 2.38. The van der Waals surface area contributed by atoms with Crippen molar-refractivity contribution < 1.29 is 4.74 Å². The Bertz CT molecular complexity index is 858. The first-order valence-corrected chi connectivity index (χ1v) is 7.15. The van der Waals surface area contributed by atoms with E-state index < -0.39 is 0 Å². The number of halogens is 1. The molecule has 1 aromatic carbocycles. The number of nitrogens with one attached hydrogen (secondary N) is 1. The lowest BCUT2D eigenvalue weighted by Crippen LogP contribution is -2.08. The summed E-state index contributed by atoms with van der Waals surface area (Å²) in [5.41, 5.74) is 2.36. The zero-order valence-corrected chi connectivity index (χ0v) is 13.1. The lowest BCUT2D eigenvalue weighted by molar-refractivity contribution is 0.401. The number of rotatable bonds is 3. The first kappa shape index (κ1) is 14.0. The van der Waals surface area contributed by atoms with Crippen molar-refractivity contribution in [3.63, 3.8) is 0 Å². The lowest BCUT2D eigenvalue weighted by Gasteiger charge is -2.15. The van der Waals surface area contributed by atoms with Gasteiger partial charge in [-0.05, 0) is 30.8 Å². The first-order chi connectivity index (χ1) is 10.1. The summed E-state index contributed by atoms with van der Waals surface area (Å²) in [7, 11) is 1.56. The number of aromatic amines is 1. The Morgan fingerprint density at radius 1 is 1.33 bits per heavy atom. The molecule has 108 valence electrons. The largest absolute Gasteiger partial charge is 0.479 e. The highest BCUT2D eigenvalue weighted by atomic mass is 35.5. The van der Waals surface area contributed by atoms with Crippen LogP contribution in [0, 0.1) is 4.77 Å². The van der Waals surface area contributed by atoms with Crippen LogP contribution in [0.4, 0.5) is 0 Å². The predicted molar refractivity (Wildman–Crippen MR) is 84.5 cm³/mol. The highest BCUT2D eigenvalue weighted by Crippen LogP contribution is 2.30. The van der Waals surface area contributed by atoms with Gasteiger partial charge < -0.3 is 9.72 Å². The number of imidazole rings is 1. The zero-order valence-electron chi connectivity index (χ0n) is 11.5. The molecule has 0 saturated heterocycles. The molecule has 3 aromatic rings. The van der Waals surface area contributed by atoms with Crippen LogP contribution >= 0.6 is 23.8 Å². The van der Waals surface area contributed by atoms with Crippen LogP contribution in [0.3, 0.4) is 0 Å². The number of ether oxygens (including phenoxy) is 1. The van der Waals surface area contributed by atoms with E-state index in [1.807, 2.05) is 35.8 Å². The van der Waals surface area contributed by atoms with Gasteiger partial charge >= 0.3 is 0 Å². The van der Waals surface area contributed by atoms with E-state index in [0.29, 0.717) is 26.8 Å². The molecule has 1 atom stereocenters. The smallest absolute Gasteiger partial charge is 0.242 e. The van der Waals surface area contributed by atoms with Gasteiger partial charge in [0.2, 0.25) is 5.88 Å². The molecule has 0 aliphatic rings. The Balaban J connectivity index is 2.24. The quantitative estimate of drug-likeness (QED) is 0.747. The standard InChI is InChI=1S/C14H13ClN4OS/c1-8(9-5-3-4-6-10(9)15)19-12-11(18-14(19)21)13(20-2)17-7-16-12/h3-8H,1-2H3,(H,18,21). The van der Waals surface area contributed by atoms with Crippen molar-refractivity contribution in [2.24, 2.45) is 0 Å². The Kier molecular flexibility index (Phi) is 3.65. The fourth-order valence-corrected chi connectivity index (χ4v) is 3.02. The van der Waals surface area contributed by atoms with Crippen LogP contribution in [0.1, 0.15) is 18.5 Å². The van der Waals surface area contributed by atoms with Gasteiger partial charge in [0.25, 0.3) is 0 Å². The predicted octanol–water partition coefficient (Wildman–Crippen LogP) is 3.76. The van der Waals surface area contributed by atoms with Crippen molar-refractivity contribution in [1.29, 1.82) is 0 Å². The summed E-state index contributed by atoms with van der Waals surface area (Å²) in [5.74, 6) is 0.469. The number of hydrogen-bond donors (Lipinski definition) is 1. The summed E-state index contributed by atoms with van der Waals surface area (Å²) in [6.07, 6.45) is 1.46. The molecule has 0 saturated carbocycles. The molecule has 7 heteroatoms. The summed E-state index contributed by atoms with van der Waals surface area (Å²) < 4.78 is 7.70. The van der Waals surface area contributed by atoms with Gasteiger partial charge in [0.1, 0.15) is 11.8 Å². The van der Waals surface area contributed by atoms with Gasteiger partial charge in [-0.15, -0.1) is 0 Å². The van der Waals surface area contributed by atoms with E-state index in [-0.39, 0.29) is 6.04 Å². The average Bonchev–Trinajstić information content (AvgIpc) is 2.82. The summed E-state index contributed by atoms with van der Waals surface area (Å²) in [6, 6.07) is 7.64. The molecule has 0 amide bonds. The zero-order chi connectivity index (χ0) is 15.0. The second-order valence-electron chi connectivity index (χ2n) is 4.58. The maximum atomic E-state index is 6.28. The molecular formula is C14H13ClN4OS. The second-order valence-corrected chi connectivity index (χ2v) is 5.37. The molecule has 1 unspecified atom stereocenters. The molecule has 3 rings (SSSR count). The fraction of sp³-hybridized carbons (Fsp3) is 0.214. The van der Waals surface area contributed by atoms with E-state index in [0.717, 1.165) is 5.56 Å². The average molecular weight is 321 g/mol. The van der Waals surface area contributed by atoms with Crippen LogP contribution in [-0.4, -0.2) is 26.6 Å². The molecule has 0 spiro atoms. The van der Waals surface area contributed by atoms with Crippen molar-refractivity contribution >= 4 is 35.0 Å². The molecule has 0 bridgehead atoms. The van der Waals surface area contributed by atoms with Gasteiger partial charge in [-0.3, -0.25) is 4.57 Å². The van der Waals surface area contributed by atoms with Gasteiger partial charge in [0.05, 0.1) is 13.2 Å². The molecule has 0 aliphatic heterocycles. The molecule has 0 radical (unpaired) electrons. The van der Waals surface area contributed by atoms with Crippen LogP contribution in [0.25, 0.3) is 11.2 Å². The molecule has 5 nitrogen and oxygen atoms in total. The first-order valence-electron chi connectivity index (χ1n) is 6.37. The minimum absolute atomic E-state index is 0.0560. The molecule has 0 fully saturated rings. The van der Waals surface area contributed by atoms with Gasteiger partial charge in [-0.25, -0.2) is 4.98 Å². The number of H-pyrrole nitrogens is 1. The third-order valence-corrected chi connectivity index (χ3v) is 4.05. The molecular weight excluding hydrogens is 308 g/mol. The Morgan fingerprint density at radius 2 is 2.10 bits per heavy atom. The van der Waals surface area contributed by atoms with Gasteiger partial charge in [-0.1, -0.05) is 29.8 Å². The Hall–Kier alpha value is -1.92. The van der Waals surface area contributed by atoms with Crippen LogP contribution in [0.5, 0.6) is 5.88 Å². The Labute approximate surface area is 131 Å². The molecule has 2 heterocycles. The molecule has 0 aliphatic carbocycles. The minimum Gasteiger partial charge on any atom is -0.479 e. The van der Waals surface area contributed by atoms with E-state index in [2.05, 4.69) is 15.0 Å². The van der Waals surface area contributed by atoms with Crippen LogP contribution < -0.4 is 4.74 Å². The third kappa shape index (κ3) is 2.30. The third-order valence-electron chi connectivity index (χ3n) is 3.41. The monoisotopic (exact) mass is 320 g/mol. The minimum atomic E-state index is -0.0560. The van der Waals surface area contributed by atoms with Gasteiger partial charge in [0.15, 0.2) is 10.4 Å². The number of fused-ring (bicyclic) bond motifs is 1. The van der Waals surface area contributed by atoms with Crippen LogP contribution in [0.15, 0.2) is 30.6 Å². The van der Waals surface area contributed by atoms with Crippen LogP contribution in [0.2, 0.25) is 5.02 Å². The molecule has 21 heavy (non-hydrogen) atoms. The summed E-state index contributed by atoms with van der Waals surface area (Å²) >= 11 is 11.7. The normalized spacial score (nSPS) is 12.5. The van der Waals surface area contributed by atoms with E-state index in [1.165, 1.54) is 6.33 Å². The van der Waals surface area contributed by atoms with Crippen molar-refractivity contribution in [2.45, 2.75) is 13.0 Å². The number of hydrogen-bond acceptors (Lipinski definition) is 4. The maximum absolute atomic E-state index is 6.28. The Morgan fingerprint density at radius 3 is 2.81 bits per heavy atom. The number of benzene rings is 1. The number of nitrogens with zero attached hydrogens (tertiary/aromatic N) is 3. The van der Waals surface area contributed by atoms with E-state index in [4.69, 9.17) is 28.6 Å². The summed E-state index contributed by atoms with van der Waals surface area (Å²) in [6.45, 7) is 2.03. The summed E-state index contributed by atoms with van der Waals surface area (Å²) in [5, 5.41) is 0.697. The summed E-state index contributed by atoms with van der Waals surface area (Å²) in [4.78, 5) is 11.5. The SMILES string of the molecule is COc1ncnc2c1[nH]c(=S)n2C(C)c1ccccc1Cl.